The smallest absolute Gasteiger partial charge is 0.268 e. The van der Waals surface area contributed by atoms with E-state index in [0.29, 0.717) is 11.7 Å². The number of unbranched alkanes of at least 4 members (excludes halogenated alkanes) is 2. The molecular weight excluding hydrogens is 312 g/mol. The Bertz CT molecular complexity index is 449. The van der Waals surface area contributed by atoms with E-state index in [2.05, 4.69) is 25.2 Å². The lowest BCUT2D eigenvalue weighted by Gasteiger charge is -2.28. The average Bonchev–Trinajstić information content (AvgIpc) is 2.55. The minimum atomic E-state index is -0.940. The fraction of sp³-hybridized carbons (Fsp3) is 0.714. The van der Waals surface area contributed by atoms with Crippen molar-refractivity contribution in [2.24, 2.45) is 11.7 Å². The third kappa shape index (κ3) is 11.8. The Morgan fingerprint density at radius 1 is 1.36 bits per heavy atom. The molecule has 0 aromatic heterocycles. The highest BCUT2D eigenvalue weighted by Gasteiger charge is 2.25. The molecule has 0 rings (SSSR count). The van der Waals surface area contributed by atoms with Gasteiger partial charge in [-0.25, -0.2) is 0 Å². The van der Waals surface area contributed by atoms with Crippen LogP contribution in [0.4, 0.5) is 0 Å². The van der Waals surface area contributed by atoms with Crippen LogP contribution in [0.2, 0.25) is 0 Å². The number of aliphatic hydroxyl groups excluding tert-OH is 1. The van der Waals surface area contributed by atoms with E-state index in [4.69, 9.17) is 10.5 Å². The normalized spacial score (nSPS) is 17.0. The van der Waals surface area contributed by atoms with Crippen molar-refractivity contribution in [3.63, 3.8) is 0 Å². The first-order valence-corrected chi connectivity index (χ1v) is 9.65. The summed E-state index contributed by atoms with van der Waals surface area (Å²) in [5, 5.41) is 10.1. The number of allylic oxidation sites excluding steroid dienone is 2. The van der Waals surface area contributed by atoms with E-state index in [9.17, 15) is 5.11 Å². The zero-order chi connectivity index (χ0) is 19.1. The summed E-state index contributed by atoms with van der Waals surface area (Å²) < 4.78 is 9.46. The molecule has 0 heterocycles. The van der Waals surface area contributed by atoms with E-state index >= 15 is 0 Å². The second kappa shape index (κ2) is 13.9. The predicted molar refractivity (Wildman–Crippen MR) is 110 cm³/mol. The summed E-state index contributed by atoms with van der Waals surface area (Å²) in [6.45, 7) is 11.8. The molecule has 0 radical (unpaired) electrons. The maximum atomic E-state index is 10.1. The van der Waals surface area contributed by atoms with Crippen molar-refractivity contribution in [1.29, 1.82) is 0 Å². The largest absolute Gasteiger partial charge is 0.464 e. The van der Waals surface area contributed by atoms with Gasteiger partial charge < -0.3 is 15.6 Å². The van der Waals surface area contributed by atoms with Gasteiger partial charge in [0.2, 0.25) is 6.29 Å². The quantitative estimate of drug-likeness (QED) is 0.124. The first-order chi connectivity index (χ1) is 11.9. The number of nitrogens with zero attached hydrogens (tertiary/aromatic N) is 1. The van der Waals surface area contributed by atoms with Gasteiger partial charge in [-0.3, -0.25) is 0 Å². The van der Waals surface area contributed by atoms with Gasteiger partial charge in [0, 0.05) is 6.42 Å². The lowest BCUT2D eigenvalue weighted by Crippen LogP contribution is -2.40. The topological polar surface area (TPSA) is 69.6 Å². The lowest BCUT2D eigenvalue weighted by molar-refractivity contribution is -0.0401. The van der Waals surface area contributed by atoms with E-state index in [1.165, 1.54) is 12.8 Å². The van der Waals surface area contributed by atoms with Crippen LogP contribution >= 0.6 is 0 Å². The molecule has 0 aromatic carbocycles. The molecule has 4 heteroatoms. The monoisotopic (exact) mass is 351 g/mol. The van der Waals surface area contributed by atoms with Crippen molar-refractivity contribution in [3.8, 4) is 0 Å². The van der Waals surface area contributed by atoms with Gasteiger partial charge in [0.1, 0.15) is 5.76 Å². The van der Waals surface area contributed by atoms with Crippen LogP contribution < -0.4 is 10.4 Å². The zero-order valence-corrected chi connectivity index (χ0v) is 16.7. The van der Waals surface area contributed by atoms with Crippen molar-refractivity contribution in [2.75, 3.05) is 0 Å². The van der Waals surface area contributed by atoms with Crippen molar-refractivity contribution in [3.05, 3.63) is 24.0 Å². The predicted octanol–water partition coefficient (Wildman–Crippen LogP) is 4.11. The molecule has 1 unspecified atom stereocenters. The molecule has 0 saturated heterocycles. The third-order valence-electron chi connectivity index (χ3n) is 4.22. The highest BCUT2D eigenvalue weighted by atomic mass is 16.6. The Kier molecular flexibility index (Phi) is 13.1. The molecule has 25 heavy (non-hydrogen) atoms. The van der Waals surface area contributed by atoms with Crippen LogP contribution in [0.15, 0.2) is 24.0 Å². The van der Waals surface area contributed by atoms with E-state index in [1.807, 2.05) is 32.2 Å². The van der Waals surface area contributed by atoms with Gasteiger partial charge in [0.25, 0.3) is 12.9 Å². The Balaban J connectivity index is 4.21. The van der Waals surface area contributed by atoms with E-state index < -0.39 is 11.8 Å². The Labute approximate surface area is 154 Å². The van der Waals surface area contributed by atoms with Gasteiger partial charge in [-0.15, -0.1) is 4.67 Å². The second-order valence-corrected chi connectivity index (χ2v) is 7.07. The summed E-state index contributed by atoms with van der Waals surface area (Å²) in [6, 6.07) is 0. The number of ether oxygens (including phenoxy) is 1. The molecule has 0 aliphatic rings. The molecule has 0 bridgehead atoms. The summed E-state index contributed by atoms with van der Waals surface area (Å²) >= 11 is 0. The van der Waals surface area contributed by atoms with Crippen molar-refractivity contribution >= 4 is 12.9 Å². The van der Waals surface area contributed by atoms with Crippen LogP contribution in [0, 0.1) is 5.92 Å². The molecule has 144 valence electrons. The number of rotatable bonds is 14. The molecular formula is C21H39N2O2+. The van der Waals surface area contributed by atoms with Gasteiger partial charge in [-0.05, 0) is 50.7 Å². The Morgan fingerprint density at radius 2 is 2.08 bits per heavy atom. The van der Waals surface area contributed by atoms with Gasteiger partial charge in [0.05, 0.1) is 5.54 Å². The van der Waals surface area contributed by atoms with Crippen molar-refractivity contribution < 1.29 is 9.84 Å². The second-order valence-electron chi connectivity index (χ2n) is 7.07. The van der Waals surface area contributed by atoms with Gasteiger partial charge >= 0.3 is 0 Å². The van der Waals surface area contributed by atoms with E-state index in [0.717, 1.165) is 38.5 Å². The number of hydrogen-bond acceptors (Lipinski definition) is 3. The zero-order valence-electron chi connectivity index (χ0n) is 16.7. The van der Waals surface area contributed by atoms with Crippen LogP contribution in [0.3, 0.4) is 0 Å². The van der Waals surface area contributed by atoms with Gasteiger partial charge in [-0.1, -0.05) is 46.1 Å². The molecule has 0 fully saturated rings. The number of hydrogen-bond donors (Lipinski definition) is 2. The summed E-state index contributed by atoms with van der Waals surface area (Å²) in [5.74, 6) is 1.32. The standard InChI is InChI=1S/C21H39N2O2/c1-6-12-19(21(4,22)16-7-2)25-20(24)14-11-9-8-10-13-18(3)15-17-23-5/h11-12,14,17-18,20,24H,5-10,13,15-16,22H2,1-4H3/q+1/b14-11+,19-12+/t18?,20-,21+/m0/s1. The average molecular weight is 352 g/mol. The fourth-order valence-electron chi connectivity index (χ4n) is 2.75. The number of nitrogens with two attached hydrogens (primary N) is 1. The maximum absolute atomic E-state index is 10.1. The fourth-order valence-corrected chi connectivity index (χ4v) is 2.75. The van der Waals surface area contributed by atoms with E-state index in [-0.39, 0.29) is 0 Å². The SMILES string of the molecule is C=[N+]=CCC(C)CCCC/C=C/[C@@H](O)O/C(=C/CC)[C@](C)(N)CCC. The molecule has 0 amide bonds. The van der Waals surface area contributed by atoms with Gasteiger partial charge in [-0.2, -0.15) is 0 Å². The first-order valence-electron chi connectivity index (χ1n) is 9.65. The Hall–Kier alpha value is -1.35. The van der Waals surface area contributed by atoms with Crippen LogP contribution in [0.25, 0.3) is 0 Å². The summed E-state index contributed by atoms with van der Waals surface area (Å²) in [6.07, 6.45) is 14.6. The van der Waals surface area contributed by atoms with Crippen molar-refractivity contribution in [1.82, 2.24) is 4.67 Å². The first kappa shape index (κ1) is 23.6. The number of aliphatic hydroxyl groups is 1. The highest BCUT2D eigenvalue weighted by Crippen LogP contribution is 2.22. The van der Waals surface area contributed by atoms with Crippen LogP contribution in [-0.2, 0) is 4.74 Å². The highest BCUT2D eigenvalue weighted by molar-refractivity contribution is 5.58. The molecule has 4 nitrogen and oxygen atoms in total. The lowest BCUT2D eigenvalue weighted by atomic mass is 9.94. The molecule has 0 spiro atoms. The van der Waals surface area contributed by atoms with Gasteiger partial charge in [0.15, 0.2) is 0 Å². The maximum Gasteiger partial charge on any atom is 0.268 e. The Morgan fingerprint density at radius 3 is 2.68 bits per heavy atom. The molecule has 0 saturated carbocycles. The molecule has 3 atom stereocenters. The molecule has 0 aliphatic heterocycles. The van der Waals surface area contributed by atoms with Crippen LogP contribution in [0.5, 0.6) is 0 Å². The molecule has 0 aromatic rings. The summed E-state index contributed by atoms with van der Waals surface area (Å²) in [4.78, 5) is 0. The van der Waals surface area contributed by atoms with Crippen LogP contribution in [0.1, 0.15) is 79.1 Å². The minimum absolute atomic E-state index is 0.535. The minimum Gasteiger partial charge on any atom is -0.464 e. The van der Waals surface area contributed by atoms with Crippen LogP contribution in [-0.4, -0.2) is 29.9 Å². The summed E-state index contributed by atoms with van der Waals surface area (Å²) in [5.41, 5.74) is 5.79. The van der Waals surface area contributed by atoms with Crippen molar-refractivity contribution in [2.45, 2.75) is 90.9 Å². The summed E-state index contributed by atoms with van der Waals surface area (Å²) in [7, 11) is 0. The van der Waals surface area contributed by atoms with E-state index in [1.54, 1.807) is 6.08 Å². The third-order valence-corrected chi connectivity index (χ3v) is 4.22. The molecule has 3 N–H and O–H groups in total. The molecule has 0 aliphatic carbocycles.